The van der Waals surface area contributed by atoms with E-state index in [2.05, 4.69) is 11.4 Å². The lowest BCUT2D eigenvalue weighted by Crippen LogP contribution is -2.35. The van der Waals surface area contributed by atoms with Crippen LogP contribution < -0.4 is 5.73 Å². The van der Waals surface area contributed by atoms with Crippen molar-refractivity contribution in [2.75, 3.05) is 5.73 Å². The van der Waals surface area contributed by atoms with Gasteiger partial charge in [-0.25, -0.2) is 0 Å². The predicted octanol–water partition coefficient (Wildman–Crippen LogP) is 3.63. The maximum Gasteiger partial charge on any atom is 0.230 e. The van der Waals surface area contributed by atoms with Gasteiger partial charge in [0.2, 0.25) is 5.91 Å². The third-order valence-electron chi connectivity index (χ3n) is 3.96. The molecule has 1 aromatic carbocycles. The van der Waals surface area contributed by atoms with Gasteiger partial charge in [-0.3, -0.25) is 4.79 Å². The fraction of sp³-hybridized carbons (Fsp3) is 0.353. The quantitative estimate of drug-likeness (QED) is 0.857. The molecule has 1 saturated carbocycles. The van der Waals surface area contributed by atoms with E-state index in [1.807, 2.05) is 42.2 Å². The number of nitrogens with two attached hydrogens (primary N) is 1. The molecule has 3 rings (SSSR count). The summed E-state index contributed by atoms with van der Waals surface area (Å²) < 4.78 is 0. The van der Waals surface area contributed by atoms with E-state index in [1.165, 1.54) is 4.88 Å². The maximum absolute atomic E-state index is 12.9. The van der Waals surface area contributed by atoms with Gasteiger partial charge in [-0.2, -0.15) is 0 Å². The minimum atomic E-state index is -0.144. The van der Waals surface area contributed by atoms with E-state index >= 15 is 0 Å². The molecule has 0 saturated heterocycles. The monoisotopic (exact) mass is 300 g/mol. The largest absolute Gasteiger partial charge is 0.399 e. The Morgan fingerprint density at radius 1 is 1.38 bits per heavy atom. The summed E-state index contributed by atoms with van der Waals surface area (Å²) in [5, 5.41) is 2.06. The van der Waals surface area contributed by atoms with Gasteiger partial charge in [0.15, 0.2) is 0 Å². The second-order valence-electron chi connectivity index (χ2n) is 5.67. The second kappa shape index (κ2) is 5.90. The summed E-state index contributed by atoms with van der Waals surface area (Å²) in [7, 11) is 0. The Kier molecular flexibility index (Phi) is 3.97. The van der Waals surface area contributed by atoms with Crippen molar-refractivity contribution in [2.45, 2.75) is 38.3 Å². The second-order valence-corrected chi connectivity index (χ2v) is 6.70. The lowest BCUT2D eigenvalue weighted by molar-refractivity contribution is -0.133. The number of nitrogen functional groups attached to an aromatic ring is 1. The smallest absolute Gasteiger partial charge is 0.230 e. The van der Waals surface area contributed by atoms with Gasteiger partial charge in [-0.1, -0.05) is 18.2 Å². The Morgan fingerprint density at radius 3 is 2.81 bits per heavy atom. The number of hydrogen-bond donors (Lipinski definition) is 1. The molecule has 4 heteroatoms. The van der Waals surface area contributed by atoms with Crippen LogP contribution in [0.15, 0.2) is 41.8 Å². The predicted molar refractivity (Wildman–Crippen MR) is 87.2 cm³/mol. The van der Waals surface area contributed by atoms with Gasteiger partial charge >= 0.3 is 0 Å². The fourth-order valence-electron chi connectivity index (χ4n) is 2.56. The van der Waals surface area contributed by atoms with E-state index in [4.69, 9.17) is 5.73 Å². The number of hydrogen-bond acceptors (Lipinski definition) is 3. The van der Waals surface area contributed by atoms with Crippen molar-refractivity contribution in [3.63, 3.8) is 0 Å². The topological polar surface area (TPSA) is 46.3 Å². The highest BCUT2D eigenvalue weighted by Crippen LogP contribution is 2.32. The number of rotatable bonds is 5. The van der Waals surface area contributed by atoms with Crippen LogP contribution in [0.5, 0.6) is 0 Å². The summed E-state index contributed by atoms with van der Waals surface area (Å²) in [6.07, 6.45) is 2.25. The van der Waals surface area contributed by atoms with E-state index in [1.54, 1.807) is 11.3 Å². The summed E-state index contributed by atoms with van der Waals surface area (Å²) in [6.45, 7) is 2.70. The highest BCUT2D eigenvalue weighted by Gasteiger charge is 2.35. The average Bonchev–Trinajstić information content (AvgIpc) is 3.20. The molecule has 0 aliphatic heterocycles. The number of thiophene rings is 1. The molecular weight excluding hydrogens is 280 g/mol. The highest BCUT2D eigenvalue weighted by atomic mass is 32.1. The number of anilines is 1. The van der Waals surface area contributed by atoms with Crippen LogP contribution >= 0.6 is 11.3 Å². The third-order valence-corrected chi connectivity index (χ3v) is 4.82. The molecule has 1 heterocycles. The first-order valence-electron chi connectivity index (χ1n) is 7.33. The minimum Gasteiger partial charge on any atom is -0.399 e. The van der Waals surface area contributed by atoms with Gasteiger partial charge in [0, 0.05) is 16.6 Å². The number of amides is 1. The Labute approximate surface area is 129 Å². The SMILES string of the molecule is CC(C(=O)N(Cc1cccs1)C1CC1)c1cccc(N)c1. The van der Waals surface area contributed by atoms with Crippen molar-refractivity contribution >= 4 is 22.9 Å². The van der Waals surface area contributed by atoms with Crippen molar-refractivity contribution in [3.8, 4) is 0 Å². The molecule has 0 bridgehead atoms. The molecule has 1 amide bonds. The fourth-order valence-corrected chi connectivity index (χ4v) is 3.27. The van der Waals surface area contributed by atoms with Crippen molar-refractivity contribution in [2.24, 2.45) is 0 Å². The zero-order valence-corrected chi connectivity index (χ0v) is 13.0. The van der Waals surface area contributed by atoms with Crippen LogP contribution in [-0.2, 0) is 11.3 Å². The number of nitrogens with zero attached hydrogens (tertiary/aromatic N) is 1. The Morgan fingerprint density at radius 2 is 2.19 bits per heavy atom. The van der Waals surface area contributed by atoms with Crippen LogP contribution in [0, 0.1) is 0 Å². The first-order valence-corrected chi connectivity index (χ1v) is 8.21. The van der Waals surface area contributed by atoms with Gasteiger partial charge in [0.05, 0.1) is 12.5 Å². The third kappa shape index (κ3) is 3.27. The minimum absolute atomic E-state index is 0.144. The summed E-state index contributed by atoms with van der Waals surface area (Å²) in [4.78, 5) is 16.1. The molecule has 110 valence electrons. The summed E-state index contributed by atoms with van der Waals surface area (Å²) in [6, 6.07) is 12.2. The lowest BCUT2D eigenvalue weighted by Gasteiger charge is -2.25. The zero-order valence-electron chi connectivity index (χ0n) is 12.2. The van der Waals surface area contributed by atoms with E-state index in [9.17, 15) is 4.79 Å². The summed E-state index contributed by atoms with van der Waals surface area (Å²) in [5.41, 5.74) is 7.54. The molecule has 1 aliphatic rings. The van der Waals surface area contributed by atoms with E-state index in [0.29, 0.717) is 11.7 Å². The molecule has 2 aromatic rings. The molecule has 3 nitrogen and oxygen atoms in total. The van der Waals surface area contributed by atoms with Gasteiger partial charge in [0.25, 0.3) is 0 Å². The Bertz CT molecular complexity index is 619. The van der Waals surface area contributed by atoms with Crippen LogP contribution in [0.25, 0.3) is 0 Å². The van der Waals surface area contributed by atoms with Crippen molar-refractivity contribution in [3.05, 3.63) is 52.2 Å². The molecule has 21 heavy (non-hydrogen) atoms. The number of benzene rings is 1. The first-order chi connectivity index (χ1) is 10.1. The van der Waals surface area contributed by atoms with Gasteiger partial charge < -0.3 is 10.6 Å². The highest BCUT2D eigenvalue weighted by molar-refractivity contribution is 7.09. The molecule has 1 unspecified atom stereocenters. The van der Waals surface area contributed by atoms with Crippen LogP contribution in [0.1, 0.15) is 36.1 Å². The van der Waals surface area contributed by atoms with Gasteiger partial charge in [-0.15, -0.1) is 11.3 Å². The van der Waals surface area contributed by atoms with Crippen molar-refractivity contribution < 1.29 is 4.79 Å². The normalized spacial score (nSPS) is 15.7. The van der Waals surface area contributed by atoms with E-state index in [0.717, 1.165) is 24.9 Å². The Hall–Kier alpha value is -1.81. The van der Waals surface area contributed by atoms with Crippen LogP contribution in [0.2, 0.25) is 0 Å². The van der Waals surface area contributed by atoms with Crippen LogP contribution in [0.4, 0.5) is 5.69 Å². The molecule has 1 aliphatic carbocycles. The molecule has 1 fully saturated rings. The summed E-state index contributed by atoms with van der Waals surface area (Å²) in [5.74, 6) is 0.0607. The molecule has 1 atom stereocenters. The molecule has 0 radical (unpaired) electrons. The molecule has 2 N–H and O–H groups in total. The molecule has 1 aromatic heterocycles. The van der Waals surface area contributed by atoms with Gasteiger partial charge in [-0.05, 0) is 48.9 Å². The van der Waals surface area contributed by atoms with Crippen LogP contribution in [0.3, 0.4) is 0 Å². The van der Waals surface area contributed by atoms with Gasteiger partial charge in [0.1, 0.15) is 0 Å². The average molecular weight is 300 g/mol. The standard InChI is InChI=1S/C17H20N2OS/c1-12(13-4-2-5-14(18)10-13)17(20)19(15-7-8-15)11-16-6-3-9-21-16/h2-6,9-10,12,15H,7-8,11,18H2,1H3. The molecule has 0 spiro atoms. The van der Waals surface area contributed by atoms with Crippen LogP contribution in [-0.4, -0.2) is 16.8 Å². The van der Waals surface area contributed by atoms with E-state index < -0.39 is 0 Å². The summed E-state index contributed by atoms with van der Waals surface area (Å²) >= 11 is 1.71. The maximum atomic E-state index is 12.9. The zero-order chi connectivity index (χ0) is 14.8. The van der Waals surface area contributed by atoms with Crippen molar-refractivity contribution in [1.82, 2.24) is 4.90 Å². The number of carbonyl (C=O) groups is 1. The lowest BCUT2D eigenvalue weighted by atomic mass is 9.99. The first kappa shape index (κ1) is 14.1. The number of carbonyl (C=O) groups excluding carboxylic acids is 1. The van der Waals surface area contributed by atoms with Crippen molar-refractivity contribution in [1.29, 1.82) is 0 Å². The Balaban J connectivity index is 1.77. The molecular formula is C17H20N2OS. The van der Waals surface area contributed by atoms with E-state index in [-0.39, 0.29) is 11.8 Å².